The number of sulfonamides is 1. The van der Waals surface area contributed by atoms with E-state index in [0.717, 1.165) is 12.5 Å². The van der Waals surface area contributed by atoms with Gasteiger partial charge in [0.1, 0.15) is 11.6 Å². The van der Waals surface area contributed by atoms with Crippen LogP contribution >= 0.6 is 0 Å². The summed E-state index contributed by atoms with van der Waals surface area (Å²) in [6.45, 7) is 2.54. The normalized spacial score (nSPS) is 19.3. The Bertz CT molecular complexity index is 1910. The second-order valence-corrected chi connectivity index (χ2v) is 13.3. The lowest BCUT2D eigenvalue weighted by atomic mass is 9.82. The van der Waals surface area contributed by atoms with E-state index in [0.29, 0.717) is 47.7 Å². The van der Waals surface area contributed by atoms with Gasteiger partial charge in [0.15, 0.2) is 0 Å². The Morgan fingerprint density at radius 3 is 2.65 bits per heavy atom. The zero-order chi connectivity index (χ0) is 32.6. The molecule has 2 aromatic heterocycles. The number of pyridine rings is 1. The molecule has 1 amide bonds. The first kappa shape index (κ1) is 31.3. The third-order valence-corrected chi connectivity index (χ3v) is 9.68. The van der Waals surface area contributed by atoms with E-state index < -0.39 is 39.5 Å². The molecular formula is C31H31F3N6O5S. The number of hydrogen-bond acceptors (Lipinski definition) is 8. The quantitative estimate of drug-likeness (QED) is 0.190. The molecule has 0 radical (unpaired) electrons. The standard InChI is InChI=1S/C31H31F3N6O5S/c1-18-6-7-21-22(8-9-24(32)26(21)39-46(43,44)17-19-10-12-31(19,33)34)27(18)45-28-23(5-2-13-35-28)25-11-14-36-29(38-25)37-20-4-3-15-40(16-20)30(41)42/h2,5-9,11,13-14,19-20,39H,3-4,10,12,15-17H2,1H3,(H,41,42)(H,36,37,38)/t19-,20-/m0/s1. The predicted molar refractivity (Wildman–Crippen MR) is 165 cm³/mol. The van der Waals surface area contributed by atoms with Crippen LogP contribution < -0.4 is 14.8 Å². The van der Waals surface area contributed by atoms with Crippen molar-refractivity contribution in [1.29, 1.82) is 0 Å². The van der Waals surface area contributed by atoms with E-state index in [1.807, 2.05) is 0 Å². The van der Waals surface area contributed by atoms with Crippen molar-refractivity contribution in [2.45, 2.75) is 44.6 Å². The SMILES string of the molecule is Cc1ccc2c(NS(=O)(=O)C[C@@H]3CCC3(F)F)c(F)ccc2c1Oc1ncccc1-c1ccnc(N[C@H]2CCCN(C(=O)O)C2)n1. The van der Waals surface area contributed by atoms with Crippen molar-refractivity contribution in [3.63, 3.8) is 0 Å². The van der Waals surface area contributed by atoms with Crippen LogP contribution in [0.4, 0.5) is 29.6 Å². The molecule has 11 nitrogen and oxygen atoms in total. The molecule has 4 aromatic rings. The highest BCUT2D eigenvalue weighted by Crippen LogP contribution is 2.45. The molecule has 242 valence electrons. The number of halogens is 3. The monoisotopic (exact) mass is 656 g/mol. The summed E-state index contributed by atoms with van der Waals surface area (Å²) in [4.78, 5) is 26.1. The highest BCUT2D eigenvalue weighted by Gasteiger charge is 2.50. The molecular weight excluding hydrogens is 625 g/mol. The summed E-state index contributed by atoms with van der Waals surface area (Å²) in [5.74, 6) is -5.33. The number of rotatable bonds is 9. The van der Waals surface area contributed by atoms with Gasteiger partial charge in [0, 0.05) is 54.6 Å². The van der Waals surface area contributed by atoms with Crippen molar-refractivity contribution in [2.24, 2.45) is 5.92 Å². The van der Waals surface area contributed by atoms with Gasteiger partial charge in [0.25, 0.3) is 5.92 Å². The lowest BCUT2D eigenvalue weighted by Gasteiger charge is -2.35. The number of carbonyl (C=O) groups is 1. The Hall–Kier alpha value is -4.66. The fraction of sp³-hybridized carbons (Fsp3) is 0.355. The highest BCUT2D eigenvalue weighted by molar-refractivity contribution is 7.92. The largest absolute Gasteiger partial charge is 0.465 e. The van der Waals surface area contributed by atoms with Gasteiger partial charge in [0.2, 0.25) is 21.9 Å². The Labute approximate surface area is 262 Å². The number of piperidine rings is 1. The van der Waals surface area contributed by atoms with Gasteiger partial charge in [-0.15, -0.1) is 0 Å². The molecule has 1 aliphatic carbocycles. The smallest absolute Gasteiger partial charge is 0.407 e. The Balaban J connectivity index is 1.29. The van der Waals surface area contributed by atoms with Gasteiger partial charge in [-0.25, -0.2) is 41.3 Å². The highest BCUT2D eigenvalue weighted by atomic mass is 32.2. The molecule has 2 atom stereocenters. The zero-order valence-electron chi connectivity index (χ0n) is 24.7. The molecule has 1 saturated carbocycles. The Morgan fingerprint density at radius 1 is 1.11 bits per heavy atom. The van der Waals surface area contributed by atoms with Gasteiger partial charge in [-0.1, -0.05) is 12.1 Å². The molecule has 2 aliphatic rings. The number of carboxylic acid groups (broad SMARTS) is 1. The number of nitrogens with one attached hydrogen (secondary N) is 2. The third-order valence-electron chi connectivity index (χ3n) is 8.33. The van der Waals surface area contributed by atoms with Crippen molar-refractivity contribution in [2.75, 3.05) is 28.9 Å². The molecule has 0 spiro atoms. The van der Waals surface area contributed by atoms with Crippen LogP contribution in [0.15, 0.2) is 54.9 Å². The average molecular weight is 657 g/mol. The molecule has 1 aliphatic heterocycles. The molecule has 0 bridgehead atoms. The van der Waals surface area contributed by atoms with Gasteiger partial charge < -0.3 is 20.1 Å². The molecule has 1 saturated heterocycles. The maximum atomic E-state index is 15.1. The zero-order valence-corrected chi connectivity index (χ0v) is 25.5. The van der Waals surface area contributed by atoms with Crippen molar-refractivity contribution < 1.29 is 36.2 Å². The number of alkyl halides is 2. The van der Waals surface area contributed by atoms with Gasteiger partial charge in [0.05, 0.1) is 22.7 Å². The van der Waals surface area contributed by atoms with Gasteiger partial charge in [-0.05, 0) is 62.1 Å². The van der Waals surface area contributed by atoms with E-state index in [1.54, 1.807) is 37.4 Å². The van der Waals surface area contributed by atoms with Crippen LogP contribution in [0.25, 0.3) is 22.0 Å². The molecule has 0 unspecified atom stereocenters. The van der Waals surface area contributed by atoms with Crippen LogP contribution in [0.3, 0.4) is 0 Å². The van der Waals surface area contributed by atoms with E-state index in [2.05, 4.69) is 25.0 Å². The predicted octanol–water partition coefficient (Wildman–Crippen LogP) is 6.27. The minimum absolute atomic E-state index is 0.0727. The van der Waals surface area contributed by atoms with E-state index >= 15 is 4.39 Å². The molecule has 46 heavy (non-hydrogen) atoms. The summed E-state index contributed by atoms with van der Waals surface area (Å²) in [5, 5.41) is 13.1. The average Bonchev–Trinajstić information content (AvgIpc) is 3.02. The molecule has 2 aromatic carbocycles. The van der Waals surface area contributed by atoms with Crippen molar-refractivity contribution >= 4 is 38.5 Å². The first-order chi connectivity index (χ1) is 21.9. The molecule has 3 N–H and O–H groups in total. The summed E-state index contributed by atoms with van der Waals surface area (Å²) >= 11 is 0. The second-order valence-electron chi connectivity index (χ2n) is 11.5. The molecule has 6 rings (SSSR count). The number of anilines is 2. The van der Waals surface area contributed by atoms with Crippen LogP contribution in [0.1, 0.15) is 31.2 Å². The fourth-order valence-electron chi connectivity index (χ4n) is 5.73. The topological polar surface area (TPSA) is 147 Å². The van der Waals surface area contributed by atoms with Gasteiger partial charge >= 0.3 is 6.09 Å². The number of ether oxygens (including phenoxy) is 1. The number of nitrogens with zero attached hydrogens (tertiary/aromatic N) is 4. The van der Waals surface area contributed by atoms with Crippen molar-refractivity contribution in [3.8, 4) is 22.9 Å². The summed E-state index contributed by atoms with van der Waals surface area (Å²) in [6.07, 6.45) is 3.27. The lowest BCUT2D eigenvalue weighted by molar-refractivity contribution is -0.122. The second kappa shape index (κ2) is 12.3. The van der Waals surface area contributed by atoms with E-state index in [9.17, 15) is 27.1 Å². The third kappa shape index (κ3) is 6.50. The van der Waals surface area contributed by atoms with Crippen molar-refractivity contribution in [3.05, 3.63) is 66.2 Å². The summed E-state index contributed by atoms with van der Waals surface area (Å²) < 4.78 is 76.9. The Kier molecular flexibility index (Phi) is 8.35. The number of hydrogen-bond donors (Lipinski definition) is 3. The minimum Gasteiger partial charge on any atom is -0.465 e. The summed E-state index contributed by atoms with van der Waals surface area (Å²) in [7, 11) is -4.30. The number of aromatic nitrogens is 3. The lowest BCUT2D eigenvalue weighted by Crippen LogP contribution is -2.44. The number of fused-ring (bicyclic) bond motifs is 1. The minimum atomic E-state index is -4.30. The number of aryl methyl sites for hydroxylation is 1. The van der Waals surface area contributed by atoms with E-state index in [1.165, 1.54) is 23.2 Å². The maximum Gasteiger partial charge on any atom is 0.407 e. The number of benzene rings is 2. The van der Waals surface area contributed by atoms with Crippen LogP contribution in [0.2, 0.25) is 0 Å². The number of amides is 1. The number of likely N-dealkylation sites (tertiary alicyclic amines) is 1. The van der Waals surface area contributed by atoms with Crippen LogP contribution in [-0.2, 0) is 10.0 Å². The van der Waals surface area contributed by atoms with Crippen molar-refractivity contribution in [1.82, 2.24) is 19.9 Å². The Morgan fingerprint density at radius 2 is 1.91 bits per heavy atom. The summed E-state index contributed by atoms with van der Waals surface area (Å²) in [6, 6.07) is 10.7. The van der Waals surface area contributed by atoms with Crippen LogP contribution in [-0.4, -0.2) is 70.3 Å². The first-order valence-electron chi connectivity index (χ1n) is 14.7. The molecule has 3 heterocycles. The molecule has 15 heteroatoms. The van der Waals surface area contributed by atoms with E-state index in [4.69, 9.17) is 4.74 Å². The fourth-order valence-corrected chi connectivity index (χ4v) is 7.27. The van der Waals surface area contributed by atoms with Crippen LogP contribution in [0, 0.1) is 18.7 Å². The van der Waals surface area contributed by atoms with E-state index in [-0.39, 0.29) is 41.6 Å². The molecule has 2 fully saturated rings. The van der Waals surface area contributed by atoms with Gasteiger partial charge in [-0.3, -0.25) is 4.72 Å². The van der Waals surface area contributed by atoms with Crippen LogP contribution in [0.5, 0.6) is 11.6 Å². The maximum absolute atomic E-state index is 15.1. The summed E-state index contributed by atoms with van der Waals surface area (Å²) in [5.41, 5.74) is 1.26. The van der Waals surface area contributed by atoms with Gasteiger partial charge in [-0.2, -0.15) is 0 Å². The first-order valence-corrected chi connectivity index (χ1v) is 16.4.